The highest BCUT2D eigenvalue weighted by atomic mass is 16.2. The first-order valence-corrected chi connectivity index (χ1v) is 10.0. The lowest BCUT2D eigenvalue weighted by atomic mass is 9.95. The van der Waals surface area contributed by atoms with Crippen LogP contribution < -0.4 is 16.0 Å². The number of piperidine rings is 1. The second-order valence-electron chi connectivity index (χ2n) is 8.64. The molecule has 1 fully saturated rings. The van der Waals surface area contributed by atoms with Gasteiger partial charge in [0.1, 0.15) is 0 Å². The van der Waals surface area contributed by atoms with Crippen molar-refractivity contribution in [1.82, 2.24) is 20.3 Å². The molecule has 0 bridgehead atoms. The number of nitrogens with one attached hydrogen (secondary N) is 3. The number of hydrogen-bond acceptors (Lipinski definition) is 5. The summed E-state index contributed by atoms with van der Waals surface area (Å²) >= 11 is 0. The molecule has 8 nitrogen and oxygen atoms in total. The van der Waals surface area contributed by atoms with Crippen molar-refractivity contribution in [3.05, 3.63) is 35.2 Å². The van der Waals surface area contributed by atoms with Gasteiger partial charge in [0.15, 0.2) is 5.69 Å². The third kappa shape index (κ3) is 4.82. The van der Waals surface area contributed by atoms with E-state index in [1.807, 2.05) is 51.4 Å². The number of benzene rings is 1. The van der Waals surface area contributed by atoms with Crippen LogP contribution in [0.2, 0.25) is 0 Å². The van der Waals surface area contributed by atoms with Gasteiger partial charge in [0, 0.05) is 16.8 Å². The molecular weight excluding hydrogens is 368 g/mol. The molecule has 0 radical (unpaired) electrons. The highest BCUT2D eigenvalue weighted by Gasteiger charge is 2.24. The molecule has 2 aromatic rings. The van der Waals surface area contributed by atoms with Gasteiger partial charge < -0.3 is 16.0 Å². The number of aryl methyl sites for hydroxylation is 1. The molecule has 1 aliphatic rings. The molecule has 1 aromatic carbocycles. The van der Waals surface area contributed by atoms with E-state index in [0.717, 1.165) is 37.2 Å². The molecule has 3 rings (SSSR count). The Labute approximate surface area is 171 Å². The molecule has 29 heavy (non-hydrogen) atoms. The molecule has 0 aliphatic carbocycles. The summed E-state index contributed by atoms with van der Waals surface area (Å²) < 4.78 is 1.86. The summed E-state index contributed by atoms with van der Waals surface area (Å²) in [6, 6.07) is 5.71. The van der Waals surface area contributed by atoms with Crippen LogP contribution in [0.4, 0.5) is 11.4 Å². The third-order valence-corrected chi connectivity index (χ3v) is 5.22. The van der Waals surface area contributed by atoms with Crippen LogP contribution >= 0.6 is 0 Å². The summed E-state index contributed by atoms with van der Waals surface area (Å²) in [5.74, 6) is -0.385. The first-order chi connectivity index (χ1) is 13.7. The van der Waals surface area contributed by atoms with Gasteiger partial charge in [-0.05, 0) is 57.5 Å². The zero-order valence-corrected chi connectivity index (χ0v) is 17.8. The minimum Gasteiger partial charge on any atom is -0.325 e. The average Bonchev–Trinajstić information content (AvgIpc) is 3.06. The van der Waals surface area contributed by atoms with Crippen molar-refractivity contribution in [2.45, 2.75) is 53.5 Å². The van der Waals surface area contributed by atoms with E-state index < -0.39 is 5.41 Å². The van der Waals surface area contributed by atoms with Crippen LogP contribution in [0, 0.1) is 19.3 Å². The van der Waals surface area contributed by atoms with Crippen molar-refractivity contribution in [2.75, 3.05) is 23.7 Å². The highest BCUT2D eigenvalue weighted by molar-refractivity contribution is 6.04. The molecule has 1 aliphatic heterocycles. The van der Waals surface area contributed by atoms with E-state index in [1.165, 1.54) is 0 Å². The summed E-state index contributed by atoms with van der Waals surface area (Å²) in [7, 11) is 0. The third-order valence-electron chi connectivity index (χ3n) is 5.22. The molecule has 1 aromatic heterocycles. The monoisotopic (exact) mass is 398 g/mol. The fraction of sp³-hybridized carbons (Fsp3) is 0.524. The fourth-order valence-corrected chi connectivity index (χ4v) is 3.28. The predicted octanol–water partition coefficient (Wildman–Crippen LogP) is 3.06. The maximum absolute atomic E-state index is 12.8. The van der Waals surface area contributed by atoms with Crippen molar-refractivity contribution >= 4 is 23.2 Å². The second-order valence-corrected chi connectivity index (χ2v) is 8.64. The molecule has 0 unspecified atom stereocenters. The second kappa shape index (κ2) is 8.32. The minimum absolute atomic E-state index is 0.0789. The van der Waals surface area contributed by atoms with Crippen LogP contribution in [-0.4, -0.2) is 39.9 Å². The Morgan fingerprint density at radius 2 is 1.83 bits per heavy atom. The average molecular weight is 399 g/mol. The van der Waals surface area contributed by atoms with Crippen molar-refractivity contribution in [3.8, 4) is 0 Å². The molecule has 0 atom stereocenters. The van der Waals surface area contributed by atoms with Crippen molar-refractivity contribution in [2.24, 2.45) is 5.41 Å². The largest absolute Gasteiger partial charge is 0.325 e. The lowest BCUT2D eigenvalue weighted by Crippen LogP contribution is -2.30. The van der Waals surface area contributed by atoms with Gasteiger partial charge >= 0.3 is 0 Å². The van der Waals surface area contributed by atoms with Crippen LogP contribution in [-0.2, 0) is 4.79 Å². The van der Waals surface area contributed by atoms with Gasteiger partial charge in [0.25, 0.3) is 5.91 Å². The number of carbonyl (C=O) groups is 2. The van der Waals surface area contributed by atoms with Crippen LogP contribution in [0.5, 0.6) is 0 Å². The minimum atomic E-state index is -0.504. The van der Waals surface area contributed by atoms with E-state index in [1.54, 1.807) is 6.07 Å². The summed E-state index contributed by atoms with van der Waals surface area (Å²) in [5.41, 5.74) is 2.79. The number of amides is 2. The molecular formula is C21H30N6O2. The number of carbonyl (C=O) groups excluding carboxylic acids is 2. The number of hydrogen-bond donors (Lipinski definition) is 3. The SMILES string of the molecule is Cc1ccc(NC(=O)c2nnn(C3CCNCC3)c2C)cc1NC(=O)C(C)(C)C. The van der Waals surface area contributed by atoms with Crippen LogP contribution in [0.1, 0.15) is 61.4 Å². The fourth-order valence-electron chi connectivity index (χ4n) is 3.28. The van der Waals surface area contributed by atoms with E-state index in [9.17, 15) is 9.59 Å². The topological polar surface area (TPSA) is 101 Å². The van der Waals surface area contributed by atoms with E-state index in [0.29, 0.717) is 17.1 Å². The number of aromatic nitrogens is 3. The van der Waals surface area contributed by atoms with Crippen molar-refractivity contribution in [3.63, 3.8) is 0 Å². The molecule has 0 saturated carbocycles. The Morgan fingerprint density at radius 1 is 1.14 bits per heavy atom. The molecule has 156 valence electrons. The quantitative estimate of drug-likeness (QED) is 0.735. The Hall–Kier alpha value is -2.74. The standard InChI is InChI=1S/C21H30N6O2/c1-13-6-7-15(12-17(13)24-20(29)21(3,4)5)23-19(28)18-14(2)27(26-25-18)16-8-10-22-11-9-16/h6-7,12,16,22H,8-11H2,1-5H3,(H,23,28)(H,24,29). The number of nitrogens with zero attached hydrogens (tertiary/aromatic N) is 3. The maximum atomic E-state index is 12.8. The van der Waals surface area contributed by atoms with Crippen LogP contribution in [0.25, 0.3) is 0 Å². The van der Waals surface area contributed by atoms with E-state index in [2.05, 4.69) is 26.3 Å². The predicted molar refractivity (Wildman–Crippen MR) is 113 cm³/mol. The van der Waals surface area contributed by atoms with E-state index >= 15 is 0 Å². The Kier molecular flexibility index (Phi) is 6.02. The van der Waals surface area contributed by atoms with Gasteiger partial charge in [-0.25, -0.2) is 4.68 Å². The van der Waals surface area contributed by atoms with Crippen molar-refractivity contribution in [1.29, 1.82) is 0 Å². The van der Waals surface area contributed by atoms with E-state index in [4.69, 9.17) is 0 Å². The molecule has 1 saturated heterocycles. The first-order valence-electron chi connectivity index (χ1n) is 10.0. The Balaban J connectivity index is 1.75. The van der Waals surface area contributed by atoms with Gasteiger partial charge in [0.05, 0.1) is 11.7 Å². The first kappa shape index (κ1) is 21.0. The normalized spacial score (nSPS) is 15.2. The van der Waals surface area contributed by atoms with Gasteiger partial charge in [0.2, 0.25) is 5.91 Å². The van der Waals surface area contributed by atoms with Crippen LogP contribution in [0.15, 0.2) is 18.2 Å². The lowest BCUT2D eigenvalue weighted by molar-refractivity contribution is -0.123. The summed E-state index contributed by atoms with van der Waals surface area (Å²) in [6.07, 6.45) is 1.94. The molecule has 2 amide bonds. The Morgan fingerprint density at radius 3 is 2.48 bits per heavy atom. The molecule has 0 spiro atoms. The molecule has 3 N–H and O–H groups in total. The zero-order valence-electron chi connectivity index (χ0n) is 17.8. The van der Waals surface area contributed by atoms with Gasteiger partial charge in [-0.15, -0.1) is 5.10 Å². The van der Waals surface area contributed by atoms with E-state index in [-0.39, 0.29) is 17.9 Å². The van der Waals surface area contributed by atoms with Crippen molar-refractivity contribution < 1.29 is 9.59 Å². The summed E-state index contributed by atoms with van der Waals surface area (Å²) in [6.45, 7) is 11.3. The van der Waals surface area contributed by atoms with Gasteiger partial charge in [-0.2, -0.15) is 0 Å². The Bertz CT molecular complexity index is 906. The summed E-state index contributed by atoms with van der Waals surface area (Å²) in [5, 5.41) is 17.5. The number of anilines is 2. The lowest BCUT2D eigenvalue weighted by Gasteiger charge is -2.23. The molecule has 2 heterocycles. The van der Waals surface area contributed by atoms with Gasteiger partial charge in [-0.3, -0.25) is 9.59 Å². The smallest absolute Gasteiger partial charge is 0.278 e. The maximum Gasteiger partial charge on any atom is 0.278 e. The van der Waals surface area contributed by atoms with Crippen LogP contribution in [0.3, 0.4) is 0 Å². The number of rotatable bonds is 4. The molecule has 8 heteroatoms. The highest BCUT2D eigenvalue weighted by Crippen LogP contribution is 2.25. The van der Waals surface area contributed by atoms with Gasteiger partial charge in [-0.1, -0.05) is 32.1 Å². The zero-order chi connectivity index (χ0) is 21.2. The summed E-state index contributed by atoms with van der Waals surface area (Å²) in [4.78, 5) is 25.1.